The minimum atomic E-state index is -0.705. The molecular formula is C23H30N2O4. The van der Waals surface area contributed by atoms with E-state index in [2.05, 4.69) is 24.7 Å². The Kier molecular flexibility index (Phi) is 8.07. The largest absolute Gasteiger partial charge is 0.483 e. The van der Waals surface area contributed by atoms with Crippen LogP contribution in [-0.4, -0.2) is 24.5 Å². The first kappa shape index (κ1) is 22.3. The molecule has 0 heterocycles. The van der Waals surface area contributed by atoms with Gasteiger partial charge in [0.15, 0.2) is 12.7 Å². The minimum Gasteiger partial charge on any atom is -0.483 e. The van der Waals surface area contributed by atoms with Crippen molar-refractivity contribution in [3.8, 4) is 11.5 Å². The van der Waals surface area contributed by atoms with E-state index >= 15 is 0 Å². The van der Waals surface area contributed by atoms with E-state index in [0.29, 0.717) is 17.9 Å². The molecule has 156 valence electrons. The molecule has 6 nitrogen and oxygen atoms in total. The molecule has 0 bridgehead atoms. The van der Waals surface area contributed by atoms with Crippen molar-refractivity contribution >= 4 is 11.8 Å². The SMILES string of the molecule is CC[C@H](Oc1ccc(C)cc1)C(=O)NNC(=O)COc1cc(C)ccc1C(C)C. The fraction of sp³-hybridized carbons (Fsp3) is 0.391. The molecule has 0 saturated carbocycles. The molecule has 0 fully saturated rings. The van der Waals surface area contributed by atoms with Gasteiger partial charge < -0.3 is 9.47 Å². The average molecular weight is 399 g/mol. The van der Waals surface area contributed by atoms with Crippen molar-refractivity contribution in [2.24, 2.45) is 0 Å². The van der Waals surface area contributed by atoms with E-state index in [1.54, 1.807) is 0 Å². The molecule has 0 aliphatic carbocycles. The lowest BCUT2D eigenvalue weighted by atomic mass is 10.0. The zero-order valence-corrected chi connectivity index (χ0v) is 17.7. The van der Waals surface area contributed by atoms with E-state index in [4.69, 9.17) is 9.47 Å². The van der Waals surface area contributed by atoms with E-state index in [0.717, 1.165) is 16.7 Å². The summed E-state index contributed by atoms with van der Waals surface area (Å²) in [6.07, 6.45) is -0.240. The van der Waals surface area contributed by atoms with Gasteiger partial charge in [0.25, 0.3) is 11.8 Å². The van der Waals surface area contributed by atoms with E-state index in [9.17, 15) is 9.59 Å². The van der Waals surface area contributed by atoms with Gasteiger partial charge in [-0.2, -0.15) is 0 Å². The van der Waals surface area contributed by atoms with Crippen LogP contribution in [-0.2, 0) is 9.59 Å². The first-order valence-corrected chi connectivity index (χ1v) is 9.85. The molecule has 0 radical (unpaired) electrons. The highest BCUT2D eigenvalue weighted by Crippen LogP contribution is 2.27. The van der Waals surface area contributed by atoms with Crippen LogP contribution in [0, 0.1) is 13.8 Å². The van der Waals surface area contributed by atoms with Gasteiger partial charge in [-0.25, -0.2) is 0 Å². The number of hydrazine groups is 1. The van der Waals surface area contributed by atoms with E-state index in [-0.39, 0.29) is 12.5 Å². The zero-order chi connectivity index (χ0) is 21.4. The molecular weight excluding hydrogens is 368 g/mol. The van der Waals surface area contributed by atoms with Crippen molar-refractivity contribution in [2.45, 2.75) is 53.1 Å². The molecule has 1 atom stereocenters. The lowest BCUT2D eigenvalue weighted by Gasteiger charge is -2.18. The predicted molar refractivity (Wildman–Crippen MR) is 113 cm³/mol. The van der Waals surface area contributed by atoms with Gasteiger partial charge in [0.2, 0.25) is 0 Å². The molecule has 0 saturated heterocycles. The van der Waals surface area contributed by atoms with Crippen LogP contribution in [0.1, 0.15) is 49.8 Å². The van der Waals surface area contributed by atoms with E-state index in [1.165, 1.54) is 0 Å². The summed E-state index contributed by atoms with van der Waals surface area (Å²) in [5.41, 5.74) is 7.98. The van der Waals surface area contributed by atoms with Crippen LogP contribution in [0.15, 0.2) is 42.5 Å². The van der Waals surface area contributed by atoms with Gasteiger partial charge in [-0.15, -0.1) is 0 Å². The van der Waals surface area contributed by atoms with Crippen molar-refractivity contribution in [3.63, 3.8) is 0 Å². The molecule has 2 aromatic rings. The summed E-state index contributed by atoms with van der Waals surface area (Å²) in [6, 6.07) is 13.4. The van der Waals surface area contributed by atoms with Gasteiger partial charge in [0.05, 0.1) is 0 Å². The third-order valence-corrected chi connectivity index (χ3v) is 4.44. The Hall–Kier alpha value is -3.02. The number of ether oxygens (including phenoxy) is 2. The number of carbonyl (C=O) groups excluding carboxylic acids is 2. The molecule has 2 N–H and O–H groups in total. The lowest BCUT2D eigenvalue weighted by molar-refractivity contribution is -0.134. The maximum atomic E-state index is 12.3. The Morgan fingerprint density at radius 2 is 1.62 bits per heavy atom. The highest BCUT2D eigenvalue weighted by molar-refractivity contribution is 5.85. The summed E-state index contributed by atoms with van der Waals surface area (Å²) in [5, 5.41) is 0. The quantitative estimate of drug-likeness (QED) is 0.663. The monoisotopic (exact) mass is 398 g/mol. The van der Waals surface area contributed by atoms with Gasteiger partial charge in [0.1, 0.15) is 11.5 Å². The molecule has 0 spiro atoms. The molecule has 0 aliphatic heterocycles. The lowest BCUT2D eigenvalue weighted by Crippen LogP contribution is -2.49. The maximum absolute atomic E-state index is 12.3. The first-order valence-electron chi connectivity index (χ1n) is 9.85. The van der Waals surface area contributed by atoms with Crippen LogP contribution in [0.25, 0.3) is 0 Å². The summed E-state index contributed by atoms with van der Waals surface area (Å²) >= 11 is 0. The van der Waals surface area contributed by atoms with Gasteiger partial charge in [-0.3, -0.25) is 20.4 Å². The highest BCUT2D eigenvalue weighted by atomic mass is 16.5. The number of carbonyl (C=O) groups is 2. The Labute approximate surface area is 172 Å². The third kappa shape index (κ3) is 6.82. The maximum Gasteiger partial charge on any atom is 0.279 e. The normalized spacial score (nSPS) is 11.7. The Balaban J connectivity index is 1.85. The standard InChI is InChI=1S/C23H30N2O4/c1-6-20(29-18-10-7-16(4)8-11-18)23(27)25-24-22(26)14-28-21-13-17(5)9-12-19(21)15(2)3/h7-13,15,20H,6,14H2,1-5H3,(H,24,26)(H,25,27)/t20-/m0/s1. The second-order valence-corrected chi connectivity index (χ2v) is 7.35. The molecule has 2 amide bonds. The van der Waals surface area contributed by atoms with Crippen LogP contribution in [0.2, 0.25) is 0 Å². The highest BCUT2D eigenvalue weighted by Gasteiger charge is 2.19. The fourth-order valence-corrected chi connectivity index (χ4v) is 2.74. The van der Waals surface area contributed by atoms with E-state index < -0.39 is 17.9 Å². The number of nitrogens with one attached hydrogen (secondary N) is 2. The summed E-state index contributed by atoms with van der Waals surface area (Å²) < 4.78 is 11.4. The molecule has 2 aromatic carbocycles. The molecule has 0 aliphatic rings. The van der Waals surface area contributed by atoms with Crippen molar-refractivity contribution in [1.29, 1.82) is 0 Å². The van der Waals surface area contributed by atoms with Crippen LogP contribution in [0.3, 0.4) is 0 Å². The Morgan fingerprint density at radius 3 is 2.24 bits per heavy atom. The van der Waals surface area contributed by atoms with Gasteiger partial charge in [-0.05, 0) is 55.5 Å². The number of rotatable bonds is 8. The Morgan fingerprint density at radius 1 is 0.966 bits per heavy atom. The fourth-order valence-electron chi connectivity index (χ4n) is 2.74. The van der Waals surface area contributed by atoms with Crippen LogP contribution in [0.4, 0.5) is 0 Å². The van der Waals surface area contributed by atoms with E-state index in [1.807, 2.05) is 63.2 Å². The Bertz CT molecular complexity index is 831. The number of benzene rings is 2. The molecule has 2 rings (SSSR count). The van der Waals surface area contributed by atoms with Gasteiger partial charge in [-0.1, -0.05) is 50.6 Å². The topological polar surface area (TPSA) is 76.7 Å². The predicted octanol–water partition coefficient (Wildman–Crippen LogP) is 3.81. The van der Waals surface area contributed by atoms with Crippen molar-refractivity contribution in [2.75, 3.05) is 6.61 Å². The smallest absolute Gasteiger partial charge is 0.279 e. The number of amides is 2. The van der Waals surface area contributed by atoms with Crippen LogP contribution >= 0.6 is 0 Å². The summed E-state index contributed by atoms with van der Waals surface area (Å²) in [7, 11) is 0. The zero-order valence-electron chi connectivity index (χ0n) is 17.7. The second kappa shape index (κ2) is 10.5. The van der Waals surface area contributed by atoms with Crippen LogP contribution < -0.4 is 20.3 Å². The van der Waals surface area contributed by atoms with Gasteiger partial charge >= 0.3 is 0 Å². The molecule has 0 unspecified atom stereocenters. The summed E-state index contributed by atoms with van der Waals surface area (Å²) in [4.78, 5) is 24.4. The average Bonchev–Trinajstić information content (AvgIpc) is 2.69. The number of hydrogen-bond donors (Lipinski definition) is 2. The van der Waals surface area contributed by atoms with Crippen molar-refractivity contribution in [3.05, 3.63) is 59.2 Å². The third-order valence-electron chi connectivity index (χ3n) is 4.44. The molecule has 0 aromatic heterocycles. The number of aryl methyl sites for hydroxylation is 2. The first-order chi connectivity index (χ1) is 13.8. The number of hydrogen-bond acceptors (Lipinski definition) is 4. The molecule has 29 heavy (non-hydrogen) atoms. The second-order valence-electron chi connectivity index (χ2n) is 7.35. The van der Waals surface area contributed by atoms with Crippen LogP contribution in [0.5, 0.6) is 11.5 Å². The molecule has 6 heteroatoms. The minimum absolute atomic E-state index is 0.195. The summed E-state index contributed by atoms with van der Waals surface area (Å²) in [5.74, 6) is 0.695. The summed E-state index contributed by atoms with van der Waals surface area (Å²) in [6.45, 7) is 9.73. The van der Waals surface area contributed by atoms with Crippen molar-refractivity contribution < 1.29 is 19.1 Å². The van der Waals surface area contributed by atoms with Gasteiger partial charge in [0, 0.05) is 0 Å². The van der Waals surface area contributed by atoms with Crippen molar-refractivity contribution in [1.82, 2.24) is 10.9 Å².